The van der Waals surface area contributed by atoms with Crippen LogP contribution in [0.4, 0.5) is 0 Å². The average molecular weight is 257 g/mol. The molecule has 0 aliphatic carbocycles. The van der Waals surface area contributed by atoms with Crippen molar-refractivity contribution in [2.45, 2.75) is 19.1 Å². The second-order valence-corrected chi connectivity index (χ2v) is 4.24. The van der Waals surface area contributed by atoms with E-state index in [2.05, 4.69) is 22.0 Å². The van der Waals surface area contributed by atoms with Crippen molar-refractivity contribution in [1.82, 2.24) is 0 Å². The molecule has 1 aromatic carbocycles. The molecule has 76 valence electrons. The molecule has 0 spiro atoms. The molecule has 1 saturated heterocycles. The van der Waals surface area contributed by atoms with E-state index in [4.69, 9.17) is 9.47 Å². The second kappa shape index (κ2) is 4.91. The first-order chi connectivity index (χ1) is 6.86. The third-order valence-electron chi connectivity index (χ3n) is 2.20. The van der Waals surface area contributed by atoms with Crippen LogP contribution >= 0.6 is 15.9 Å². The van der Waals surface area contributed by atoms with Crippen LogP contribution in [0, 0.1) is 0 Å². The summed E-state index contributed by atoms with van der Waals surface area (Å²) in [6, 6.07) is 8.12. The molecule has 3 heteroatoms. The van der Waals surface area contributed by atoms with Crippen molar-refractivity contribution in [1.29, 1.82) is 0 Å². The van der Waals surface area contributed by atoms with Crippen molar-refractivity contribution in [2.75, 3.05) is 13.2 Å². The molecule has 0 aromatic heterocycles. The van der Waals surface area contributed by atoms with Crippen molar-refractivity contribution >= 4 is 15.9 Å². The van der Waals surface area contributed by atoms with E-state index >= 15 is 0 Å². The molecule has 2 nitrogen and oxygen atoms in total. The van der Waals surface area contributed by atoms with E-state index in [9.17, 15) is 0 Å². The van der Waals surface area contributed by atoms with E-state index in [-0.39, 0.29) is 0 Å². The fraction of sp³-hybridized carbons (Fsp3) is 0.455. The maximum absolute atomic E-state index is 5.54. The van der Waals surface area contributed by atoms with E-state index < -0.39 is 0 Å². The molecular weight excluding hydrogens is 244 g/mol. The zero-order chi connectivity index (χ0) is 9.80. The van der Waals surface area contributed by atoms with Gasteiger partial charge in [-0.15, -0.1) is 0 Å². The van der Waals surface area contributed by atoms with E-state index in [0.717, 1.165) is 24.1 Å². The van der Waals surface area contributed by atoms with Gasteiger partial charge in [-0.25, -0.2) is 0 Å². The predicted molar refractivity (Wildman–Crippen MR) is 58.2 cm³/mol. The zero-order valence-corrected chi connectivity index (χ0v) is 9.50. The summed E-state index contributed by atoms with van der Waals surface area (Å²) in [7, 11) is 0. The van der Waals surface area contributed by atoms with Gasteiger partial charge in [0.1, 0.15) is 0 Å². The second-order valence-electron chi connectivity index (χ2n) is 3.39. The van der Waals surface area contributed by atoms with Crippen LogP contribution in [-0.2, 0) is 16.1 Å². The van der Waals surface area contributed by atoms with Crippen LogP contribution in [0.5, 0.6) is 0 Å². The van der Waals surface area contributed by atoms with Gasteiger partial charge in [0.05, 0.1) is 19.3 Å². The minimum absolute atomic E-state index is 0.467. The van der Waals surface area contributed by atoms with Crippen molar-refractivity contribution in [3.63, 3.8) is 0 Å². The lowest BCUT2D eigenvalue weighted by molar-refractivity contribution is 0.112. The van der Waals surface area contributed by atoms with Gasteiger partial charge in [-0.1, -0.05) is 34.1 Å². The summed E-state index contributed by atoms with van der Waals surface area (Å²) < 4.78 is 11.8. The Morgan fingerprint density at radius 2 is 2.21 bits per heavy atom. The maximum atomic E-state index is 5.54. The minimum Gasteiger partial charge on any atom is -0.377 e. The summed E-state index contributed by atoms with van der Waals surface area (Å²) >= 11 is 3.48. The van der Waals surface area contributed by atoms with Gasteiger partial charge in [-0.05, 0) is 18.1 Å². The fourth-order valence-electron chi connectivity index (χ4n) is 1.25. The lowest BCUT2D eigenvalue weighted by atomic mass is 10.2. The Kier molecular flexibility index (Phi) is 3.56. The molecule has 1 aliphatic rings. The molecule has 1 fully saturated rings. The van der Waals surface area contributed by atoms with Crippen LogP contribution in [0.1, 0.15) is 12.0 Å². The molecular formula is C11H13BrO2. The van der Waals surface area contributed by atoms with Crippen molar-refractivity contribution in [3.05, 3.63) is 34.3 Å². The number of ether oxygens (including phenoxy) is 2. The number of rotatable bonds is 5. The molecule has 1 aromatic rings. The predicted octanol–water partition coefficient (Wildman–Crippen LogP) is 2.75. The fourth-order valence-corrected chi connectivity index (χ4v) is 1.65. The Labute approximate surface area is 92.3 Å². The summed E-state index contributed by atoms with van der Waals surface area (Å²) in [5.74, 6) is 0. The van der Waals surface area contributed by atoms with Gasteiger partial charge in [0, 0.05) is 11.1 Å². The first-order valence-electron chi connectivity index (χ1n) is 4.79. The molecule has 0 N–H and O–H groups in total. The summed E-state index contributed by atoms with van der Waals surface area (Å²) in [6.45, 7) is 2.37. The Balaban J connectivity index is 1.71. The van der Waals surface area contributed by atoms with Crippen LogP contribution in [0.25, 0.3) is 0 Å². The highest BCUT2D eigenvalue weighted by Crippen LogP contribution is 2.17. The normalized spacial score (nSPS) is 19.6. The zero-order valence-electron chi connectivity index (χ0n) is 7.91. The lowest BCUT2D eigenvalue weighted by Crippen LogP contribution is -1.99. The number of benzene rings is 1. The molecule has 14 heavy (non-hydrogen) atoms. The quantitative estimate of drug-likeness (QED) is 0.597. The van der Waals surface area contributed by atoms with Crippen molar-refractivity contribution < 1.29 is 9.47 Å². The molecule has 2 rings (SSSR count). The third kappa shape index (κ3) is 3.08. The molecule has 0 radical (unpaired) electrons. The molecule has 1 atom stereocenters. The van der Waals surface area contributed by atoms with Gasteiger partial charge in [-0.3, -0.25) is 0 Å². The summed E-state index contributed by atoms with van der Waals surface area (Å²) in [5.41, 5.74) is 1.20. The number of hydrogen-bond acceptors (Lipinski definition) is 2. The van der Waals surface area contributed by atoms with Crippen LogP contribution in [-0.4, -0.2) is 19.3 Å². The Hall–Kier alpha value is -0.380. The van der Waals surface area contributed by atoms with E-state index in [1.54, 1.807) is 0 Å². The van der Waals surface area contributed by atoms with E-state index in [0.29, 0.717) is 12.7 Å². The van der Waals surface area contributed by atoms with Crippen LogP contribution < -0.4 is 0 Å². The summed E-state index contributed by atoms with van der Waals surface area (Å²) in [6.07, 6.45) is 1.49. The first kappa shape index (κ1) is 10.1. The van der Waals surface area contributed by atoms with Crippen molar-refractivity contribution in [2.24, 2.45) is 0 Å². The standard InChI is InChI=1S/C11H13BrO2/c12-11-4-2-1-3-9(11)7-13-6-5-10-8-14-10/h1-4,10H,5-8H2/t10-/m0/s1. The van der Waals surface area contributed by atoms with Gasteiger partial charge < -0.3 is 9.47 Å². The van der Waals surface area contributed by atoms with E-state index in [1.807, 2.05) is 18.2 Å². The third-order valence-corrected chi connectivity index (χ3v) is 2.98. The van der Waals surface area contributed by atoms with Crippen LogP contribution in [0.15, 0.2) is 28.7 Å². The minimum atomic E-state index is 0.467. The van der Waals surface area contributed by atoms with Crippen LogP contribution in [0.2, 0.25) is 0 Å². The van der Waals surface area contributed by atoms with Gasteiger partial charge >= 0.3 is 0 Å². The molecule has 0 unspecified atom stereocenters. The highest BCUT2D eigenvalue weighted by molar-refractivity contribution is 9.10. The van der Waals surface area contributed by atoms with E-state index in [1.165, 1.54) is 5.56 Å². The summed E-state index contributed by atoms with van der Waals surface area (Å²) in [4.78, 5) is 0. The SMILES string of the molecule is Brc1ccccc1COCC[C@H]1CO1. The Bertz CT molecular complexity index is 297. The Morgan fingerprint density at radius 3 is 2.93 bits per heavy atom. The average Bonchev–Trinajstić information content (AvgIpc) is 2.99. The first-order valence-corrected chi connectivity index (χ1v) is 5.58. The molecule has 1 heterocycles. The van der Waals surface area contributed by atoms with Crippen molar-refractivity contribution in [3.8, 4) is 0 Å². The van der Waals surface area contributed by atoms with Gasteiger partial charge in [0.15, 0.2) is 0 Å². The van der Waals surface area contributed by atoms with Gasteiger partial charge in [0.25, 0.3) is 0 Å². The monoisotopic (exact) mass is 256 g/mol. The number of halogens is 1. The number of epoxide rings is 1. The summed E-state index contributed by atoms with van der Waals surface area (Å²) in [5, 5.41) is 0. The topological polar surface area (TPSA) is 21.8 Å². The highest BCUT2D eigenvalue weighted by atomic mass is 79.9. The van der Waals surface area contributed by atoms with Gasteiger partial charge in [0.2, 0.25) is 0 Å². The lowest BCUT2D eigenvalue weighted by Gasteiger charge is -2.04. The van der Waals surface area contributed by atoms with Crippen LogP contribution in [0.3, 0.4) is 0 Å². The van der Waals surface area contributed by atoms with Gasteiger partial charge in [-0.2, -0.15) is 0 Å². The Morgan fingerprint density at radius 1 is 1.43 bits per heavy atom. The highest BCUT2D eigenvalue weighted by Gasteiger charge is 2.21. The molecule has 1 aliphatic heterocycles. The number of hydrogen-bond donors (Lipinski definition) is 0. The largest absolute Gasteiger partial charge is 0.377 e. The molecule has 0 bridgehead atoms. The molecule has 0 amide bonds. The smallest absolute Gasteiger partial charge is 0.0831 e. The maximum Gasteiger partial charge on any atom is 0.0831 e. The molecule has 0 saturated carbocycles.